The summed E-state index contributed by atoms with van der Waals surface area (Å²) in [6, 6.07) is -0.0468. The molecule has 5 heteroatoms. The molecule has 18 heavy (non-hydrogen) atoms. The minimum Gasteiger partial charge on any atom is -0.351 e. The van der Waals surface area contributed by atoms with Gasteiger partial charge in [0.25, 0.3) is 0 Å². The second kappa shape index (κ2) is 5.80. The van der Waals surface area contributed by atoms with Crippen LogP contribution in [0.25, 0.3) is 0 Å². The lowest BCUT2D eigenvalue weighted by molar-refractivity contribution is -0.121. The highest BCUT2D eigenvalue weighted by atomic mass is 32.1. The molecular formula is C13H23N3OS. The number of carbonyl (C=O) groups is 1. The first kappa shape index (κ1) is 15.1. The molecule has 1 atom stereocenters. The maximum atomic E-state index is 11.8. The fourth-order valence-corrected chi connectivity index (χ4v) is 2.46. The molecule has 0 saturated carbocycles. The molecule has 0 aromatic carbocycles. The van der Waals surface area contributed by atoms with E-state index in [0.29, 0.717) is 12.3 Å². The van der Waals surface area contributed by atoms with Crippen molar-refractivity contribution in [3.63, 3.8) is 0 Å². The zero-order valence-corrected chi connectivity index (χ0v) is 12.6. The van der Waals surface area contributed by atoms with Crippen molar-refractivity contribution in [2.24, 2.45) is 11.7 Å². The predicted molar refractivity (Wildman–Crippen MR) is 75.5 cm³/mol. The smallest absolute Gasteiger partial charge is 0.226 e. The molecular weight excluding hydrogens is 246 g/mol. The van der Waals surface area contributed by atoms with Crippen molar-refractivity contribution in [2.45, 2.75) is 52.6 Å². The fourth-order valence-electron chi connectivity index (χ4n) is 1.47. The summed E-state index contributed by atoms with van der Waals surface area (Å²) in [5.74, 6) is 0.352. The molecule has 0 aliphatic rings. The van der Waals surface area contributed by atoms with Crippen molar-refractivity contribution < 1.29 is 4.79 Å². The SMILES string of the molecule is CC(C)C(N)c1nc(CC(=O)NC(C)(C)C)cs1. The summed E-state index contributed by atoms with van der Waals surface area (Å²) in [5.41, 5.74) is 6.63. The lowest BCUT2D eigenvalue weighted by Gasteiger charge is -2.20. The van der Waals surface area contributed by atoms with Gasteiger partial charge in [0.15, 0.2) is 0 Å². The zero-order valence-electron chi connectivity index (χ0n) is 11.8. The summed E-state index contributed by atoms with van der Waals surface area (Å²) >= 11 is 1.53. The van der Waals surface area contributed by atoms with Crippen molar-refractivity contribution in [3.05, 3.63) is 16.1 Å². The number of carbonyl (C=O) groups excluding carboxylic acids is 1. The van der Waals surface area contributed by atoms with Gasteiger partial charge in [-0.2, -0.15) is 0 Å². The highest BCUT2D eigenvalue weighted by Crippen LogP contribution is 2.22. The predicted octanol–water partition coefficient (Wildman–Crippen LogP) is 2.26. The molecule has 0 aliphatic carbocycles. The Labute approximate surface area is 113 Å². The van der Waals surface area contributed by atoms with E-state index < -0.39 is 0 Å². The van der Waals surface area contributed by atoms with Crippen LogP contribution >= 0.6 is 11.3 Å². The van der Waals surface area contributed by atoms with Gasteiger partial charge in [0, 0.05) is 10.9 Å². The Morgan fingerprint density at radius 1 is 1.50 bits per heavy atom. The van der Waals surface area contributed by atoms with Crippen molar-refractivity contribution in [3.8, 4) is 0 Å². The first-order chi connectivity index (χ1) is 8.19. The van der Waals surface area contributed by atoms with Gasteiger partial charge < -0.3 is 11.1 Å². The molecule has 0 fully saturated rings. The normalized spacial score (nSPS) is 13.7. The van der Waals surface area contributed by atoms with Gasteiger partial charge in [-0.3, -0.25) is 4.79 Å². The molecule has 1 aromatic heterocycles. The van der Waals surface area contributed by atoms with Crippen LogP contribution in [0.15, 0.2) is 5.38 Å². The quantitative estimate of drug-likeness (QED) is 0.881. The van der Waals surface area contributed by atoms with Gasteiger partial charge in [-0.25, -0.2) is 4.98 Å². The van der Waals surface area contributed by atoms with Crippen LogP contribution in [0.2, 0.25) is 0 Å². The Morgan fingerprint density at radius 3 is 2.61 bits per heavy atom. The summed E-state index contributed by atoms with van der Waals surface area (Å²) in [6.45, 7) is 10.0. The molecule has 1 unspecified atom stereocenters. The zero-order chi connectivity index (χ0) is 13.9. The fraction of sp³-hybridized carbons (Fsp3) is 0.692. The number of nitrogens with one attached hydrogen (secondary N) is 1. The van der Waals surface area contributed by atoms with E-state index in [1.165, 1.54) is 11.3 Å². The van der Waals surface area contributed by atoms with Crippen LogP contribution in [0.3, 0.4) is 0 Å². The van der Waals surface area contributed by atoms with Crippen LogP contribution in [0.4, 0.5) is 0 Å². The Hall–Kier alpha value is -0.940. The van der Waals surface area contributed by atoms with Gasteiger partial charge >= 0.3 is 0 Å². The Kier molecular flexibility index (Phi) is 4.87. The topological polar surface area (TPSA) is 68.0 Å². The number of hydrogen-bond donors (Lipinski definition) is 2. The van der Waals surface area contributed by atoms with Gasteiger partial charge in [-0.1, -0.05) is 13.8 Å². The molecule has 0 spiro atoms. The third-order valence-corrected chi connectivity index (χ3v) is 3.42. The van der Waals surface area contributed by atoms with Crippen molar-refractivity contribution in [1.29, 1.82) is 0 Å². The summed E-state index contributed by atoms with van der Waals surface area (Å²) in [6.07, 6.45) is 0.318. The third-order valence-electron chi connectivity index (χ3n) is 2.43. The molecule has 3 N–H and O–H groups in total. The van der Waals surface area contributed by atoms with E-state index in [-0.39, 0.29) is 17.5 Å². The van der Waals surface area contributed by atoms with Gasteiger partial charge in [-0.05, 0) is 26.7 Å². The number of nitrogens with two attached hydrogens (primary N) is 1. The average molecular weight is 269 g/mol. The van der Waals surface area contributed by atoms with Crippen molar-refractivity contribution in [1.82, 2.24) is 10.3 Å². The number of hydrogen-bond acceptors (Lipinski definition) is 4. The number of amides is 1. The molecule has 4 nitrogen and oxygen atoms in total. The van der Waals surface area contributed by atoms with Crippen molar-refractivity contribution in [2.75, 3.05) is 0 Å². The highest BCUT2D eigenvalue weighted by molar-refractivity contribution is 7.09. The van der Waals surface area contributed by atoms with E-state index in [4.69, 9.17) is 5.73 Å². The number of nitrogens with zero attached hydrogens (tertiary/aromatic N) is 1. The molecule has 0 bridgehead atoms. The van der Waals surface area contributed by atoms with Crippen LogP contribution in [0.1, 0.15) is 51.4 Å². The molecule has 0 aliphatic heterocycles. The Bertz CT molecular complexity index is 407. The third kappa shape index (κ3) is 4.74. The summed E-state index contributed by atoms with van der Waals surface area (Å²) in [5, 5.41) is 5.75. The maximum Gasteiger partial charge on any atom is 0.226 e. The highest BCUT2D eigenvalue weighted by Gasteiger charge is 2.18. The first-order valence-corrected chi connectivity index (χ1v) is 7.08. The van der Waals surface area contributed by atoms with Crippen LogP contribution in [0.5, 0.6) is 0 Å². The van der Waals surface area contributed by atoms with Crippen LogP contribution in [0, 0.1) is 5.92 Å². The average Bonchev–Trinajstić information content (AvgIpc) is 2.61. The number of thiazole rings is 1. The maximum absolute atomic E-state index is 11.8. The summed E-state index contributed by atoms with van der Waals surface area (Å²) in [7, 11) is 0. The Balaban J connectivity index is 2.62. The van der Waals surface area contributed by atoms with Gasteiger partial charge in [0.2, 0.25) is 5.91 Å². The lowest BCUT2D eigenvalue weighted by Crippen LogP contribution is -2.41. The Morgan fingerprint density at radius 2 is 2.11 bits per heavy atom. The lowest BCUT2D eigenvalue weighted by atomic mass is 10.1. The molecule has 1 amide bonds. The summed E-state index contributed by atoms with van der Waals surface area (Å²) in [4.78, 5) is 16.2. The van der Waals surface area contributed by atoms with E-state index in [1.54, 1.807) is 0 Å². The molecule has 102 valence electrons. The van der Waals surface area contributed by atoms with E-state index in [2.05, 4.69) is 24.1 Å². The van der Waals surface area contributed by atoms with Gasteiger partial charge in [-0.15, -0.1) is 11.3 Å². The molecule has 1 rings (SSSR count). The summed E-state index contributed by atoms with van der Waals surface area (Å²) < 4.78 is 0. The van der Waals surface area contributed by atoms with Crippen molar-refractivity contribution >= 4 is 17.2 Å². The van der Waals surface area contributed by atoms with Crippen LogP contribution in [-0.2, 0) is 11.2 Å². The largest absolute Gasteiger partial charge is 0.351 e. The second-order valence-corrected chi connectivity index (χ2v) is 6.81. The standard InChI is InChI=1S/C13H23N3OS/c1-8(2)11(14)12-15-9(7-18-12)6-10(17)16-13(3,4)5/h7-8,11H,6,14H2,1-5H3,(H,16,17). The van der Waals surface area contributed by atoms with Crippen LogP contribution < -0.4 is 11.1 Å². The molecule has 1 heterocycles. The molecule has 1 aromatic rings. The molecule has 0 radical (unpaired) electrons. The minimum absolute atomic E-state index is 0.00234. The van der Waals surface area contributed by atoms with E-state index in [0.717, 1.165) is 10.7 Å². The monoisotopic (exact) mass is 269 g/mol. The van der Waals surface area contributed by atoms with E-state index >= 15 is 0 Å². The minimum atomic E-state index is -0.204. The first-order valence-electron chi connectivity index (χ1n) is 6.20. The van der Waals surface area contributed by atoms with E-state index in [9.17, 15) is 4.79 Å². The second-order valence-electron chi connectivity index (χ2n) is 5.92. The molecule has 0 saturated heterocycles. The number of aromatic nitrogens is 1. The van der Waals surface area contributed by atoms with Gasteiger partial charge in [0.05, 0.1) is 18.2 Å². The number of rotatable bonds is 4. The van der Waals surface area contributed by atoms with Gasteiger partial charge in [0.1, 0.15) is 5.01 Å². The van der Waals surface area contributed by atoms with Crippen LogP contribution in [-0.4, -0.2) is 16.4 Å². The van der Waals surface area contributed by atoms with E-state index in [1.807, 2.05) is 26.2 Å².